The second kappa shape index (κ2) is 6.40. The van der Waals surface area contributed by atoms with Crippen LogP contribution in [0.1, 0.15) is 25.8 Å². The molecule has 0 spiro atoms. The van der Waals surface area contributed by atoms with Crippen molar-refractivity contribution in [3.63, 3.8) is 0 Å². The van der Waals surface area contributed by atoms with E-state index in [1.54, 1.807) is 0 Å². The Morgan fingerprint density at radius 1 is 1.25 bits per heavy atom. The summed E-state index contributed by atoms with van der Waals surface area (Å²) < 4.78 is 0. The molecule has 1 aliphatic rings. The number of nitrogens with zero attached hydrogens (tertiary/aromatic N) is 2. The van der Waals surface area contributed by atoms with Crippen molar-refractivity contribution in [3.8, 4) is 0 Å². The molecule has 1 atom stereocenters. The lowest BCUT2D eigenvalue weighted by molar-refractivity contribution is -0.116. The Morgan fingerprint density at radius 3 is 2.50 bits per heavy atom. The van der Waals surface area contributed by atoms with Crippen LogP contribution in [0.25, 0.3) is 0 Å². The van der Waals surface area contributed by atoms with E-state index in [0.717, 1.165) is 45.4 Å². The summed E-state index contributed by atoms with van der Waals surface area (Å²) in [7, 11) is 0. The summed E-state index contributed by atoms with van der Waals surface area (Å²) >= 11 is 0. The number of hydrogen-bond donors (Lipinski definition) is 0. The lowest BCUT2D eigenvalue weighted by atomic mass is 9.88. The molecule has 0 saturated carbocycles. The van der Waals surface area contributed by atoms with E-state index in [1.165, 1.54) is 11.3 Å². The number of hydrogen-bond acceptors (Lipinski definition) is 3. The normalized spacial score (nSPS) is 19.6. The number of rotatable bonds is 5. The Kier molecular flexibility index (Phi) is 4.81. The molecule has 0 N–H and O–H groups in total. The molecular weight excluding hydrogens is 248 g/mol. The third-order valence-electron chi connectivity index (χ3n) is 4.42. The van der Waals surface area contributed by atoms with Crippen molar-refractivity contribution < 1.29 is 4.79 Å². The molecule has 20 heavy (non-hydrogen) atoms. The van der Waals surface area contributed by atoms with Gasteiger partial charge in [-0.25, -0.2) is 0 Å². The Balaban J connectivity index is 1.91. The van der Waals surface area contributed by atoms with Gasteiger partial charge in [0.15, 0.2) is 0 Å². The molecule has 0 bridgehead atoms. The highest BCUT2D eigenvalue weighted by Crippen LogP contribution is 2.22. The Labute approximate surface area is 122 Å². The average Bonchev–Trinajstić information content (AvgIpc) is 2.48. The van der Waals surface area contributed by atoms with Crippen LogP contribution in [-0.2, 0) is 4.79 Å². The van der Waals surface area contributed by atoms with Crippen LogP contribution in [0.5, 0.6) is 0 Å². The summed E-state index contributed by atoms with van der Waals surface area (Å²) in [5, 5.41) is 0. The lowest BCUT2D eigenvalue weighted by Crippen LogP contribution is -2.49. The molecule has 1 aromatic rings. The predicted octanol–water partition coefficient (Wildman–Crippen LogP) is 2.73. The summed E-state index contributed by atoms with van der Waals surface area (Å²) in [4.78, 5) is 16.1. The second-order valence-electron chi connectivity index (χ2n) is 6.23. The molecule has 1 saturated heterocycles. The molecule has 1 aliphatic heterocycles. The van der Waals surface area contributed by atoms with Gasteiger partial charge in [0.1, 0.15) is 6.29 Å². The van der Waals surface area contributed by atoms with Crippen LogP contribution in [0.3, 0.4) is 0 Å². The molecule has 0 amide bonds. The first-order valence-corrected chi connectivity index (χ1v) is 7.56. The molecule has 0 radical (unpaired) electrons. The summed E-state index contributed by atoms with van der Waals surface area (Å²) in [6.45, 7) is 11.3. The smallest absolute Gasteiger partial charge is 0.127 e. The zero-order valence-corrected chi connectivity index (χ0v) is 12.9. The van der Waals surface area contributed by atoms with Crippen molar-refractivity contribution in [2.75, 3.05) is 37.6 Å². The minimum atomic E-state index is -0.189. The van der Waals surface area contributed by atoms with Crippen LogP contribution in [0.2, 0.25) is 0 Å². The maximum Gasteiger partial charge on any atom is 0.127 e. The van der Waals surface area contributed by atoms with Crippen molar-refractivity contribution in [1.82, 2.24) is 4.90 Å². The van der Waals surface area contributed by atoms with Gasteiger partial charge in [0.2, 0.25) is 0 Å². The number of aldehydes is 1. The SMILES string of the molecule is CCC(C)(C=O)CN1CCN(c2cccc(C)c2)CC1. The fraction of sp³-hybridized carbons (Fsp3) is 0.588. The van der Waals surface area contributed by atoms with E-state index >= 15 is 0 Å². The summed E-state index contributed by atoms with van der Waals surface area (Å²) in [5.41, 5.74) is 2.44. The standard InChI is InChI=1S/C17H26N2O/c1-4-17(3,14-20)13-18-8-10-19(11-9-18)16-7-5-6-15(2)12-16/h5-7,12,14H,4,8-11,13H2,1-3H3. The highest BCUT2D eigenvalue weighted by atomic mass is 16.1. The van der Waals surface area contributed by atoms with Crippen molar-refractivity contribution in [2.45, 2.75) is 27.2 Å². The summed E-state index contributed by atoms with van der Waals surface area (Å²) in [6.07, 6.45) is 2.04. The molecule has 1 unspecified atom stereocenters. The van der Waals surface area contributed by atoms with Crippen LogP contribution in [-0.4, -0.2) is 43.9 Å². The van der Waals surface area contributed by atoms with Gasteiger partial charge in [0, 0.05) is 43.8 Å². The van der Waals surface area contributed by atoms with Crippen molar-refractivity contribution in [1.29, 1.82) is 0 Å². The largest absolute Gasteiger partial charge is 0.369 e. The quantitative estimate of drug-likeness (QED) is 0.771. The summed E-state index contributed by atoms with van der Waals surface area (Å²) in [6, 6.07) is 8.69. The van der Waals surface area contributed by atoms with Crippen LogP contribution >= 0.6 is 0 Å². The maximum absolute atomic E-state index is 11.2. The van der Waals surface area contributed by atoms with Crippen LogP contribution in [0.15, 0.2) is 24.3 Å². The van der Waals surface area contributed by atoms with Gasteiger partial charge in [0.25, 0.3) is 0 Å². The van der Waals surface area contributed by atoms with E-state index in [1.807, 2.05) is 0 Å². The van der Waals surface area contributed by atoms with Crippen LogP contribution in [0, 0.1) is 12.3 Å². The molecule has 0 aliphatic carbocycles. The summed E-state index contributed by atoms with van der Waals surface area (Å²) in [5.74, 6) is 0. The zero-order valence-electron chi connectivity index (χ0n) is 12.9. The maximum atomic E-state index is 11.2. The third-order valence-corrected chi connectivity index (χ3v) is 4.42. The van der Waals surface area contributed by atoms with Crippen LogP contribution in [0.4, 0.5) is 5.69 Å². The van der Waals surface area contributed by atoms with Gasteiger partial charge in [0.05, 0.1) is 0 Å². The van der Waals surface area contributed by atoms with Crippen molar-refractivity contribution >= 4 is 12.0 Å². The molecule has 1 fully saturated rings. The van der Waals surface area contributed by atoms with Gasteiger partial charge in [-0.3, -0.25) is 4.90 Å². The van der Waals surface area contributed by atoms with E-state index in [2.05, 4.69) is 54.8 Å². The number of piperazine rings is 1. The molecular formula is C17H26N2O. The Bertz CT molecular complexity index is 452. The highest BCUT2D eigenvalue weighted by molar-refractivity contribution is 5.59. The van der Waals surface area contributed by atoms with Gasteiger partial charge in [-0.15, -0.1) is 0 Å². The first-order valence-electron chi connectivity index (χ1n) is 7.56. The second-order valence-corrected chi connectivity index (χ2v) is 6.23. The number of anilines is 1. The predicted molar refractivity (Wildman–Crippen MR) is 84.3 cm³/mol. The van der Waals surface area contributed by atoms with E-state index < -0.39 is 0 Å². The monoisotopic (exact) mass is 274 g/mol. The van der Waals surface area contributed by atoms with Gasteiger partial charge in [-0.05, 0) is 31.0 Å². The number of aryl methyl sites for hydroxylation is 1. The number of benzene rings is 1. The Hall–Kier alpha value is -1.35. The van der Waals surface area contributed by atoms with E-state index in [9.17, 15) is 4.79 Å². The first kappa shape index (κ1) is 15.0. The average molecular weight is 274 g/mol. The van der Waals surface area contributed by atoms with E-state index in [4.69, 9.17) is 0 Å². The molecule has 1 aromatic carbocycles. The molecule has 110 valence electrons. The fourth-order valence-electron chi connectivity index (χ4n) is 2.73. The molecule has 2 rings (SSSR count). The molecule has 1 heterocycles. The van der Waals surface area contributed by atoms with Crippen molar-refractivity contribution in [2.24, 2.45) is 5.41 Å². The minimum absolute atomic E-state index is 0.189. The molecule has 3 heteroatoms. The van der Waals surface area contributed by atoms with E-state index in [0.29, 0.717) is 0 Å². The highest BCUT2D eigenvalue weighted by Gasteiger charge is 2.27. The fourth-order valence-corrected chi connectivity index (χ4v) is 2.73. The zero-order chi connectivity index (χ0) is 14.6. The topological polar surface area (TPSA) is 23.6 Å². The molecule has 0 aromatic heterocycles. The van der Waals surface area contributed by atoms with E-state index in [-0.39, 0.29) is 5.41 Å². The van der Waals surface area contributed by atoms with Gasteiger partial charge in [-0.2, -0.15) is 0 Å². The third kappa shape index (κ3) is 3.60. The van der Waals surface area contributed by atoms with Crippen LogP contribution < -0.4 is 4.90 Å². The minimum Gasteiger partial charge on any atom is -0.369 e. The van der Waals surface area contributed by atoms with Gasteiger partial charge < -0.3 is 9.69 Å². The number of carbonyl (C=O) groups is 1. The first-order chi connectivity index (χ1) is 9.56. The number of carbonyl (C=O) groups excluding carboxylic acids is 1. The Morgan fingerprint density at radius 2 is 1.95 bits per heavy atom. The molecule has 3 nitrogen and oxygen atoms in total. The lowest BCUT2D eigenvalue weighted by Gasteiger charge is -2.39. The van der Waals surface area contributed by atoms with Gasteiger partial charge >= 0.3 is 0 Å². The van der Waals surface area contributed by atoms with Gasteiger partial charge in [-0.1, -0.05) is 26.0 Å². The van der Waals surface area contributed by atoms with Crippen molar-refractivity contribution in [3.05, 3.63) is 29.8 Å².